The molecule has 2 aromatic rings. The van der Waals surface area contributed by atoms with Gasteiger partial charge in [0.15, 0.2) is 5.13 Å². The molecule has 22 heavy (non-hydrogen) atoms. The number of amides is 3. The molecular weight excluding hydrogens is 300 g/mol. The van der Waals surface area contributed by atoms with Crippen LogP contribution in [0.4, 0.5) is 15.6 Å². The summed E-state index contributed by atoms with van der Waals surface area (Å²) in [4.78, 5) is 27.9. The molecule has 1 fully saturated rings. The fourth-order valence-electron chi connectivity index (χ4n) is 1.90. The smallest absolute Gasteiger partial charge is 0.325 e. The maximum atomic E-state index is 11.9. The molecule has 3 amide bonds. The molecule has 1 aliphatic rings. The van der Waals surface area contributed by atoms with Gasteiger partial charge < -0.3 is 10.6 Å². The van der Waals surface area contributed by atoms with Crippen molar-refractivity contribution in [1.82, 2.24) is 10.3 Å². The van der Waals surface area contributed by atoms with E-state index >= 15 is 0 Å². The van der Waals surface area contributed by atoms with Gasteiger partial charge in [0.2, 0.25) is 0 Å². The molecule has 6 nitrogen and oxygen atoms in total. The van der Waals surface area contributed by atoms with E-state index in [1.165, 1.54) is 11.3 Å². The first-order valence-electron chi connectivity index (χ1n) is 7.01. The molecule has 0 bridgehead atoms. The lowest BCUT2D eigenvalue weighted by Crippen LogP contribution is -2.25. The second-order valence-electron chi connectivity index (χ2n) is 5.23. The Labute approximate surface area is 132 Å². The third kappa shape index (κ3) is 3.82. The summed E-state index contributed by atoms with van der Waals surface area (Å²) in [5.74, 6) is -0.189. The Kier molecular flexibility index (Phi) is 4.06. The molecule has 0 radical (unpaired) electrons. The third-order valence-electron chi connectivity index (χ3n) is 3.15. The van der Waals surface area contributed by atoms with E-state index in [2.05, 4.69) is 20.9 Å². The molecule has 0 unspecified atom stereocenters. The van der Waals surface area contributed by atoms with Crippen molar-refractivity contribution in [3.8, 4) is 0 Å². The predicted molar refractivity (Wildman–Crippen MR) is 86.4 cm³/mol. The van der Waals surface area contributed by atoms with Crippen LogP contribution in [0.15, 0.2) is 29.6 Å². The van der Waals surface area contributed by atoms with E-state index < -0.39 is 0 Å². The Bertz CT molecular complexity index is 709. The van der Waals surface area contributed by atoms with Crippen molar-refractivity contribution in [3.05, 3.63) is 40.9 Å². The summed E-state index contributed by atoms with van der Waals surface area (Å²) in [5, 5.41) is 10.3. The van der Waals surface area contributed by atoms with E-state index in [0.717, 1.165) is 18.4 Å². The zero-order valence-electron chi connectivity index (χ0n) is 12.1. The number of nitrogens with zero attached hydrogens (tertiary/aromatic N) is 1. The molecule has 0 aliphatic heterocycles. The number of benzene rings is 1. The number of thiazole rings is 1. The van der Waals surface area contributed by atoms with Gasteiger partial charge in [0.25, 0.3) is 5.91 Å². The number of carbonyl (C=O) groups is 2. The van der Waals surface area contributed by atoms with Gasteiger partial charge in [-0.3, -0.25) is 10.1 Å². The van der Waals surface area contributed by atoms with Crippen LogP contribution in [0.1, 0.15) is 28.9 Å². The Morgan fingerprint density at radius 3 is 2.82 bits per heavy atom. The largest absolute Gasteiger partial charge is 0.348 e. The van der Waals surface area contributed by atoms with Gasteiger partial charge in [-0.05, 0) is 37.5 Å². The number of rotatable bonds is 4. The lowest BCUT2D eigenvalue weighted by Gasteiger charge is -2.05. The van der Waals surface area contributed by atoms with Gasteiger partial charge in [0.1, 0.15) is 5.69 Å². The Morgan fingerprint density at radius 1 is 1.27 bits per heavy atom. The van der Waals surface area contributed by atoms with Gasteiger partial charge in [-0.1, -0.05) is 12.1 Å². The van der Waals surface area contributed by atoms with Crippen LogP contribution in [0.25, 0.3) is 0 Å². The van der Waals surface area contributed by atoms with Crippen LogP contribution in [-0.2, 0) is 0 Å². The molecule has 1 saturated carbocycles. The first-order valence-corrected chi connectivity index (χ1v) is 7.89. The third-order valence-corrected chi connectivity index (χ3v) is 3.90. The Balaban J connectivity index is 1.57. The first-order chi connectivity index (χ1) is 10.6. The fraction of sp³-hybridized carbons (Fsp3) is 0.267. The highest BCUT2D eigenvalue weighted by atomic mass is 32.1. The van der Waals surface area contributed by atoms with Crippen LogP contribution in [0.2, 0.25) is 0 Å². The quantitative estimate of drug-likeness (QED) is 0.811. The van der Waals surface area contributed by atoms with Crippen LogP contribution in [0.5, 0.6) is 0 Å². The molecule has 0 spiro atoms. The minimum Gasteiger partial charge on any atom is -0.348 e. The summed E-state index contributed by atoms with van der Waals surface area (Å²) >= 11 is 1.22. The van der Waals surface area contributed by atoms with E-state index in [9.17, 15) is 9.59 Å². The number of aryl methyl sites for hydroxylation is 1. The summed E-state index contributed by atoms with van der Waals surface area (Å²) in [6.45, 7) is 1.95. The normalized spacial score (nSPS) is 13.5. The van der Waals surface area contributed by atoms with E-state index in [1.807, 2.05) is 31.2 Å². The highest BCUT2D eigenvalue weighted by molar-refractivity contribution is 7.14. The summed E-state index contributed by atoms with van der Waals surface area (Å²) in [6, 6.07) is 7.41. The number of hydrogen-bond donors (Lipinski definition) is 3. The summed E-state index contributed by atoms with van der Waals surface area (Å²) in [5.41, 5.74) is 2.11. The molecule has 114 valence electrons. The highest BCUT2D eigenvalue weighted by Crippen LogP contribution is 2.21. The standard InChI is InChI=1S/C15H16N4O2S/c1-9-3-2-4-11(7-9)17-14(21)19-15-18-12(8-22-15)13(20)16-10-5-6-10/h2-4,7-8,10H,5-6H2,1H3,(H,16,20)(H2,17,18,19,21). The number of nitrogens with one attached hydrogen (secondary N) is 3. The maximum absolute atomic E-state index is 11.9. The predicted octanol–water partition coefficient (Wildman–Crippen LogP) is 2.99. The van der Waals surface area contributed by atoms with Gasteiger partial charge in [0, 0.05) is 17.1 Å². The lowest BCUT2D eigenvalue weighted by molar-refractivity contribution is 0.0947. The van der Waals surface area contributed by atoms with E-state index in [4.69, 9.17) is 0 Å². The SMILES string of the molecule is Cc1cccc(NC(=O)Nc2nc(C(=O)NC3CC3)cs2)c1. The van der Waals surface area contributed by atoms with Crippen molar-refractivity contribution in [2.75, 3.05) is 10.6 Å². The topological polar surface area (TPSA) is 83.1 Å². The zero-order chi connectivity index (χ0) is 15.5. The first kappa shape index (κ1) is 14.5. The Morgan fingerprint density at radius 2 is 2.09 bits per heavy atom. The summed E-state index contributed by atoms with van der Waals surface area (Å²) < 4.78 is 0. The van der Waals surface area contributed by atoms with Gasteiger partial charge >= 0.3 is 6.03 Å². The fourth-order valence-corrected chi connectivity index (χ4v) is 2.59. The molecule has 3 N–H and O–H groups in total. The van der Waals surface area contributed by atoms with Crippen molar-refractivity contribution in [1.29, 1.82) is 0 Å². The van der Waals surface area contributed by atoms with Crippen molar-refractivity contribution in [2.45, 2.75) is 25.8 Å². The van der Waals surface area contributed by atoms with Crippen molar-refractivity contribution < 1.29 is 9.59 Å². The zero-order valence-corrected chi connectivity index (χ0v) is 12.9. The number of anilines is 2. The molecule has 1 heterocycles. The maximum Gasteiger partial charge on any atom is 0.325 e. The molecular formula is C15H16N4O2S. The second-order valence-corrected chi connectivity index (χ2v) is 6.09. The van der Waals surface area contributed by atoms with Gasteiger partial charge in [-0.25, -0.2) is 9.78 Å². The van der Waals surface area contributed by atoms with Crippen LogP contribution in [0, 0.1) is 6.92 Å². The van der Waals surface area contributed by atoms with Crippen molar-refractivity contribution in [2.24, 2.45) is 0 Å². The van der Waals surface area contributed by atoms with E-state index in [-0.39, 0.29) is 18.0 Å². The van der Waals surface area contributed by atoms with Crippen LogP contribution in [-0.4, -0.2) is 23.0 Å². The number of urea groups is 1. The molecule has 7 heteroatoms. The molecule has 1 aromatic carbocycles. The molecule has 1 aromatic heterocycles. The van der Waals surface area contributed by atoms with Gasteiger partial charge in [-0.15, -0.1) is 11.3 Å². The lowest BCUT2D eigenvalue weighted by atomic mass is 10.2. The monoisotopic (exact) mass is 316 g/mol. The van der Waals surface area contributed by atoms with Crippen LogP contribution in [0.3, 0.4) is 0 Å². The van der Waals surface area contributed by atoms with Crippen molar-refractivity contribution in [3.63, 3.8) is 0 Å². The van der Waals surface area contributed by atoms with Gasteiger partial charge in [0.05, 0.1) is 0 Å². The van der Waals surface area contributed by atoms with Crippen LogP contribution < -0.4 is 16.0 Å². The number of hydrogen-bond acceptors (Lipinski definition) is 4. The minimum atomic E-state index is -0.380. The summed E-state index contributed by atoms with van der Waals surface area (Å²) in [7, 11) is 0. The number of carbonyl (C=O) groups excluding carboxylic acids is 2. The number of aromatic nitrogens is 1. The average molecular weight is 316 g/mol. The highest BCUT2D eigenvalue weighted by Gasteiger charge is 2.24. The van der Waals surface area contributed by atoms with E-state index in [0.29, 0.717) is 16.5 Å². The average Bonchev–Trinajstić information content (AvgIpc) is 3.15. The van der Waals surface area contributed by atoms with E-state index in [1.54, 1.807) is 5.38 Å². The minimum absolute atomic E-state index is 0.189. The van der Waals surface area contributed by atoms with Crippen LogP contribution >= 0.6 is 11.3 Å². The molecule has 1 aliphatic carbocycles. The molecule has 0 saturated heterocycles. The Hall–Kier alpha value is -2.41. The van der Waals surface area contributed by atoms with Crippen molar-refractivity contribution >= 4 is 34.1 Å². The second kappa shape index (κ2) is 6.15. The molecule has 3 rings (SSSR count). The van der Waals surface area contributed by atoms with Gasteiger partial charge in [-0.2, -0.15) is 0 Å². The molecule has 0 atom stereocenters. The summed E-state index contributed by atoms with van der Waals surface area (Å²) in [6.07, 6.45) is 2.06.